The summed E-state index contributed by atoms with van der Waals surface area (Å²) in [5, 5.41) is 1.72. The minimum Gasteiger partial charge on any atom is -0.355 e. The van der Waals surface area contributed by atoms with Gasteiger partial charge >= 0.3 is 5.84 Å². The predicted octanol–water partition coefficient (Wildman–Crippen LogP) is -0.0568. The highest BCUT2D eigenvalue weighted by molar-refractivity contribution is 7.90. The number of amidine groups is 1. The fraction of sp³-hybridized carbons (Fsp3) is 0.353. The Morgan fingerprint density at radius 2 is 2.29 bits per heavy atom. The molecule has 124 valence electrons. The lowest BCUT2D eigenvalue weighted by atomic mass is 10.2. The maximum absolute atomic E-state index is 11.9. The van der Waals surface area contributed by atoms with Crippen molar-refractivity contribution in [2.75, 3.05) is 6.54 Å². The molecule has 2 heterocycles. The smallest absolute Gasteiger partial charge is 0.305 e. The van der Waals surface area contributed by atoms with E-state index in [0.717, 1.165) is 47.1 Å². The van der Waals surface area contributed by atoms with E-state index in [4.69, 9.17) is 0 Å². The average Bonchev–Trinajstić information content (AvgIpc) is 3.24. The number of hydrogen-bond donors (Lipinski definition) is 2. The third-order valence-corrected chi connectivity index (χ3v) is 6.32. The Bertz CT molecular complexity index is 1030. The van der Waals surface area contributed by atoms with Gasteiger partial charge in [0, 0.05) is 12.7 Å². The van der Waals surface area contributed by atoms with Crippen LogP contribution in [0.3, 0.4) is 0 Å². The van der Waals surface area contributed by atoms with Crippen LogP contribution in [-0.4, -0.2) is 42.3 Å². The Balaban J connectivity index is 1.59. The Kier molecular flexibility index (Phi) is 3.64. The first-order valence-corrected chi connectivity index (χ1v) is 9.61. The lowest BCUT2D eigenvalue weighted by Crippen LogP contribution is -2.32. The summed E-state index contributed by atoms with van der Waals surface area (Å²) in [7, 11) is -3.16. The number of nitrogens with zero attached hydrogens (tertiary/aromatic N) is 2. The van der Waals surface area contributed by atoms with Crippen molar-refractivity contribution in [3.8, 4) is 0 Å². The van der Waals surface area contributed by atoms with E-state index >= 15 is 0 Å². The van der Waals surface area contributed by atoms with Crippen molar-refractivity contribution < 1.29 is 13.0 Å². The highest BCUT2D eigenvalue weighted by Crippen LogP contribution is 2.27. The van der Waals surface area contributed by atoms with Gasteiger partial charge < -0.3 is 4.98 Å². The molecule has 0 radical (unpaired) electrons. The molecule has 0 unspecified atom stereocenters. The van der Waals surface area contributed by atoms with Crippen LogP contribution in [0.15, 0.2) is 35.1 Å². The van der Waals surface area contributed by atoms with Gasteiger partial charge in [0.25, 0.3) is 0 Å². The molecule has 0 amide bonds. The topological polar surface area (TPSA) is 77.3 Å². The van der Waals surface area contributed by atoms with Crippen LogP contribution in [0, 0.1) is 0 Å². The molecule has 1 fully saturated rings. The van der Waals surface area contributed by atoms with Crippen LogP contribution in [0.1, 0.15) is 25.7 Å². The Hall–Kier alpha value is -2.21. The van der Waals surface area contributed by atoms with Gasteiger partial charge in [-0.3, -0.25) is 0 Å². The van der Waals surface area contributed by atoms with Gasteiger partial charge in [-0.15, -0.1) is 0 Å². The molecule has 3 aliphatic rings. The van der Waals surface area contributed by atoms with Crippen molar-refractivity contribution in [2.24, 2.45) is 4.99 Å². The summed E-state index contributed by atoms with van der Waals surface area (Å²) < 4.78 is 28.3. The normalized spacial score (nSPS) is 19.8. The molecule has 2 aliphatic carbocycles. The molecule has 4 rings (SSSR count). The predicted molar refractivity (Wildman–Crippen MR) is 93.5 cm³/mol. The van der Waals surface area contributed by atoms with Gasteiger partial charge in [0.05, 0.1) is 29.0 Å². The minimum atomic E-state index is -3.16. The fourth-order valence-electron chi connectivity index (χ4n) is 2.96. The number of sulfonamides is 1. The van der Waals surface area contributed by atoms with Gasteiger partial charge in [-0.1, -0.05) is 5.73 Å². The number of H-pyrrole nitrogens is 1. The first-order valence-electron chi connectivity index (χ1n) is 8.06. The van der Waals surface area contributed by atoms with E-state index in [-0.39, 0.29) is 5.25 Å². The molecule has 1 aliphatic heterocycles. The Morgan fingerprint density at radius 3 is 3.08 bits per heavy atom. The summed E-state index contributed by atoms with van der Waals surface area (Å²) in [4.78, 5) is 7.83. The standard InChI is InChI=1S/C17H19N4O2S/c1-21-16(9-11-19-24(22,23)12-6-7-12)20-15-5-3-2-4-14-13(17(15)21)8-10-18-14/h2,5,8,10,12,18-19H,1,3,6-7,9,11H2/q+1. The molecule has 24 heavy (non-hydrogen) atoms. The fourth-order valence-corrected chi connectivity index (χ4v) is 4.33. The van der Waals surface area contributed by atoms with Crippen molar-refractivity contribution in [3.63, 3.8) is 0 Å². The number of aromatic amines is 1. The van der Waals surface area contributed by atoms with Crippen molar-refractivity contribution in [3.05, 3.63) is 40.7 Å². The molecule has 0 bridgehead atoms. The molecule has 1 aromatic heterocycles. The van der Waals surface area contributed by atoms with Crippen molar-refractivity contribution >= 4 is 34.0 Å². The van der Waals surface area contributed by atoms with Crippen LogP contribution in [0.25, 0.3) is 11.4 Å². The van der Waals surface area contributed by atoms with Gasteiger partial charge in [0.2, 0.25) is 15.7 Å². The van der Waals surface area contributed by atoms with E-state index in [1.807, 2.05) is 24.4 Å². The van der Waals surface area contributed by atoms with Gasteiger partial charge in [0.15, 0.2) is 5.70 Å². The summed E-state index contributed by atoms with van der Waals surface area (Å²) in [6.45, 7) is 4.45. The quantitative estimate of drug-likeness (QED) is 0.735. The van der Waals surface area contributed by atoms with Crippen LogP contribution >= 0.6 is 0 Å². The largest absolute Gasteiger partial charge is 0.355 e. The van der Waals surface area contributed by atoms with Gasteiger partial charge in [-0.25, -0.2) is 17.7 Å². The molecule has 7 heteroatoms. The summed E-state index contributed by atoms with van der Waals surface area (Å²) in [6, 6.07) is 1.98. The Labute approximate surface area is 140 Å². The second-order valence-electron chi connectivity index (χ2n) is 6.13. The highest BCUT2D eigenvalue weighted by Gasteiger charge is 2.36. The van der Waals surface area contributed by atoms with Crippen molar-refractivity contribution in [1.82, 2.24) is 9.71 Å². The molecule has 0 spiro atoms. The monoisotopic (exact) mass is 343 g/mol. The number of aromatic nitrogens is 1. The zero-order valence-electron chi connectivity index (χ0n) is 13.2. The Morgan fingerprint density at radius 1 is 1.46 bits per heavy atom. The van der Waals surface area contributed by atoms with Gasteiger partial charge in [0.1, 0.15) is 0 Å². The third kappa shape index (κ3) is 2.71. The highest BCUT2D eigenvalue weighted by atomic mass is 32.2. The number of nitrogens with one attached hydrogen (secondary N) is 2. The van der Waals surface area contributed by atoms with E-state index < -0.39 is 10.0 Å². The first-order chi connectivity index (χ1) is 11.6. The molecular weight excluding hydrogens is 324 g/mol. The number of rotatable bonds is 5. The summed E-state index contributed by atoms with van der Waals surface area (Å²) in [5.41, 5.74) is 5.05. The summed E-state index contributed by atoms with van der Waals surface area (Å²) in [5.74, 6) is 0.767. The number of aliphatic imine (C=N–C) groups is 1. The number of hydrogen-bond acceptors (Lipinski definition) is 3. The van der Waals surface area contributed by atoms with Crippen molar-refractivity contribution in [1.29, 1.82) is 0 Å². The number of allylic oxidation sites excluding steroid dienone is 2. The summed E-state index contributed by atoms with van der Waals surface area (Å²) >= 11 is 0. The second-order valence-corrected chi connectivity index (χ2v) is 8.18. The third-order valence-electron chi connectivity index (χ3n) is 4.37. The molecular formula is C17H19N4O2S+. The van der Waals surface area contributed by atoms with Crippen molar-refractivity contribution in [2.45, 2.75) is 30.9 Å². The molecule has 0 aromatic carbocycles. The lowest BCUT2D eigenvalue weighted by molar-refractivity contribution is -0.283. The van der Waals surface area contributed by atoms with E-state index in [1.54, 1.807) is 4.58 Å². The maximum atomic E-state index is 11.9. The van der Waals surface area contributed by atoms with Crippen LogP contribution in [0.2, 0.25) is 0 Å². The van der Waals surface area contributed by atoms with E-state index in [1.165, 1.54) is 0 Å². The van der Waals surface area contributed by atoms with Crippen LogP contribution in [0.5, 0.6) is 0 Å². The molecule has 0 saturated heterocycles. The molecule has 1 saturated carbocycles. The summed E-state index contributed by atoms with van der Waals surface area (Å²) in [6.07, 6.45) is 8.66. The average molecular weight is 343 g/mol. The van der Waals surface area contributed by atoms with Gasteiger partial charge in [-0.2, -0.15) is 0 Å². The SMILES string of the molecule is C=[N+]1C(CCNS(=O)(=O)C2CC2)=NC2=CCC=C=c3[nH]ccc3=C21. The molecule has 2 N–H and O–H groups in total. The second kappa shape index (κ2) is 5.70. The lowest BCUT2D eigenvalue weighted by Gasteiger charge is -2.03. The van der Waals surface area contributed by atoms with E-state index in [2.05, 4.69) is 27.1 Å². The number of fused-ring (bicyclic) bond motifs is 2. The molecule has 0 atom stereocenters. The van der Waals surface area contributed by atoms with E-state index in [0.29, 0.717) is 13.0 Å². The van der Waals surface area contributed by atoms with Gasteiger partial charge in [-0.05, 0) is 42.5 Å². The van der Waals surface area contributed by atoms with E-state index in [9.17, 15) is 8.42 Å². The first kappa shape index (κ1) is 15.3. The molecule has 6 nitrogen and oxygen atoms in total. The minimum absolute atomic E-state index is 0.199. The van der Waals surface area contributed by atoms with Crippen LogP contribution < -0.4 is 15.3 Å². The zero-order valence-corrected chi connectivity index (χ0v) is 14.1. The van der Waals surface area contributed by atoms with Crippen LogP contribution in [0.4, 0.5) is 0 Å². The maximum Gasteiger partial charge on any atom is 0.305 e. The zero-order chi connectivity index (χ0) is 16.7. The molecule has 1 aromatic rings. The van der Waals surface area contributed by atoms with Crippen LogP contribution in [-0.2, 0) is 10.0 Å².